The number of rotatable bonds is 5. The highest BCUT2D eigenvalue weighted by Crippen LogP contribution is 2.45. The molecule has 0 aromatic rings. The summed E-state index contributed by atoms with van der Waals surface area (Å²) in [4.78, 5) is 0. The predicted molar refractivity (Wildman–Crippen MR) is 79.8 cm³/mol. The van der Waals surface area contributed by atoms with Crippen molar-refractivity contribution in [3.05, 3.63) is 11.6 Å². The van der Waals surface area contributed by atoms with Gasteiger partial charge in [0.2, 0.25) is 0 Å². The average Bonchev–Trinajstić information content (AvgIpc) is 2.40. The molecule has 2 aliphatic carbocycles. The quantitative estimate of drug-likeness (QED) is 0.697. The van der Waals surface area contributed by atoms with Gasteiger partial charge in [0.05, 0.1) is 0 Å². The highest BCUT2D eigenvalue weighted by Gasteiger charge is 2.35. The molecule has 1 fully saturated rings. The summed E-state index contributed by atoms with van der Waals surface area (Å²) < 4.78 is 0. The monoisotopic (exact) mass is 249 g/mol. The van der Waals surface area contributed by atoms with Gasteiger partial charge in [-0.15, -0.1) is 0 Å². The third-order valence-electron chi connectivity index (χ3n) is 4.80. The fraction of sp³-hybridized carbons (Fsp3) is 0.882. The minimum absolute atomic E-state index is 0.535. The summed E-state index contributed by atoms with van der Waals surface area (Å²) >= 11 is 0. The first-order valence-electron chi connectivity index (χ1n) is 8.13. The van der Waals surface area contributed by atoms with E-state index in [2.05, 4.69) is 25.2 Å². The normalized spacial score (nSPS) is 24.1. The molecule has 0 aromatic heterocycles. The lowest BCUT2D eigenvalue weighted by Crippen LogP contribution is -2.39. The van der Waals surface area contributed by atoms with Crippen molar-refractivity contribution in [2.24, 2.45) is 11.3 Å². The van der Waals surface area contributed by atoms with Crippen LogP contribution in [0.15, 0.2) is 11.6 Å². The SMILES string of the molecule is CC(C)CNCC1(C2=CCCCC2)CCCCC1. The Hall–Kier alpha value is -0.300. The van der Waals surface area contributed by atoms with E-state index in [0.29, 0.717) is 5.41 Å². The first-order chi connectivity index (χ1) is 8.73. The van der Waals surface area contributed by atoms with Crippen molar-refractivity contribution in [1.82, 2.24) is 5.32 Å². The molecule has 0 radical (unpaired) electrons. The van der Waals surface area contributed by atoms with Crippen LogP contribution < -0.4 is 5.32 Å². The molecule has 1 N–H and O–H groups in total. The zero-order valence-electron chi connectivity index (χ0n) is 12.4. The lowest BCUT2D eigenvalue weighted by atomic mass is 9.66. The van der Waals surface area contributed by atoms with Gasteiger partial charge in [0.1, 0.15) is 0 Å². The van der Waals surface area contributed by atoms with E-state index in [0.717, 1.165) is 5.92 Å². The third kappa shape index (κ3) is 3.60. The zero-order chi connectivity index (χ0) is 12.8. The van der Waals surface area contributed by atoms with Crippen LogP contribution in [0.1, 0.15) is 71.6 Å². The summed E-state index contributed by atoms with van der Waals surface area (Å²) in [5.74, 6) is 0.769. The number of allylic oxidation sites excluding steroid dienone is 1. The van der Waals surface area contributed by atoms with Crippen LogP contribution in [0.5, 0.6) is 0 Å². The number of nitrogens with one attached hydrogen (secondary N) is 1. The molecule has 0 heterocycles. The highest BCUT2D eigenvalue weighted by molar-refractivity contribution is 5.18. The lowest BCUT2D eigenvalue weighted by molar-refractivity contribution is 0.217. The molecule has 1 nitrogen and oxygen atoms in total. The fourth-order valence-corrected chi connectivity index (χ4v) is 3.76. The average molecular weight is 249 g/mol. The fourth-order valence-electron chi connectivity index (χ4n) is 3.76. The van der Waals surface area contributed by atoms with Crippen LogP contribution >= 0.6 is 0 Å². The molecule has 1 heteroatoms. The largest absolute Gasteiger partial charge is 0.316 e. The van der Waals surface area contributed by atoms with Gasteiger partial charge >= 0.3 is 0 Å². The minimum Gasteiger partial charge on any atom is -0.316 e. The van der Waals surface area contributed by atoms with Crippen molar-refractivity contribution in [3.63, 3.8) is 0 Å². The Morgan fingerprint density at radius 1 is 1.11 bits per heavy atom. The van der Waals surface area contributed by atoms with Gasteiger partial charge in [0, 0.05) is 12.0 Å². The molecule has 0 bridgehead atoms. The molecule has 1 saturated carbocycles. The molecule has 0 spiro atoms. The van der Waals surface area contributed by atoms with Gasteiger partial charge in [-0.3, -0.25) is 0 Å². The molecule has 104 valence electrons. The van der Waals surface area contributed by atoms with Crippen molar-refractivity contribution in [2.75, 3.05) is 13.1 Å². The Labute approximate surface area is 113 Å². The van der Waals surface area contributed by atoms with Gasteiger partial charge in [0.25, 0.3) is 0 Å². The summed E-state index contributed by atoms with van der Waals surface area (Å²) in [5, 5.41) is 3.75. The molecular formula is C17H31N. The Morgan fingerprint density at radius 3 is 2.50 bits per heavy atom. The maximum Gasteiger partial charge on any atom is 0.00453 e. The highest BCUT2D eigenvalue weighted by atomic mass is 14.9. The van der Waals surface area contributed by atoms with E-state index in [-0.39, 0.29) is 0 Å². The Bertz CT molecular complexity index is 271. The van der Waals surface area contributed by atoms with E-state index in [1.165, 1.54) is 70.9 Å². The first kappa shape index (κ1) is 14.1. The molecule has 0 saturated heterocycles. The van der Waals surface area contributed by atoms with Crippen molar-refractivity contribution < 1.29 is 0 Å². The molecule has 0 amide bonds. The molecule has 0 aliphatic heterocycles. The van der Waals surface area contributed by atoms with E-state index < -0.39 is 0 Å². The molecule has 2 aliphatic rings. The first-order valence-corrected chi connectivity index (χ1v) is 8.13. The van der Waals surface area contributed by atoms with Gasteiger partial charge in [0.15, 0.2) is 0 Å². The summed E-state index contributed by atoms with van der Waals surface area (Å²) in [5.41, 5.74) is 2.35. The molecule has 0 atom stereocenters. The molecule has 18 heavy (non-hydrogen) atoms. The van der Waals surface area contributed by atoms with E-state index >= 15 is 0 Å². The summed E-state index contributed by atoms with van der Waals surface area (Å²) in [6, 6.07) is 0. The third-order valence-corrected chi connectivity index (χ3v) is 4.80. The minimum atomic E-state index is 0.535. The van der Waals surface area contributed by atoms with Crippen LogP contribution in [0.2, 0.25) is 0 Å². The van der Waals surface area contributed by atoms with Gasteiger partial charge in [-0.25, -0.2) is 0 Å². The molecular weight excluding hydrogens is 218 g/mol. The van der Waals surface area contributed by atoms with Gasteiger partial charge < -0.3 is 5.32 Å². The van der Waals surface area contributed by atoms with Crippen molar-refractivity contribution in [2.45, 2.75) is 71.6 Å². The van der Waals surface area contributed by atoms with E-state index in [1.54, 1.807) is 0 Å². The predicted octanol–water partition coefficient (Wildman–Crippen LogP) is 4.68. The van der Waals surface area contributed by atoms with Crippen molar-refractivity contribution >= 4 is 0 Å². The van der Waals surface area contributed by atoms with E-state index in [9.17, 15) is 0 Å². The van der Waals surface area contributed by atoms with Crippen LogP contribution in [-0.2, 0) is 0 Å². The molecule has 0 unspecified atom stereocenters. The topological polar surface area (TPSA) is 12.0 Å². The van der Waals surface area contributed by atoms with Gasteiger partial charge in [-0.2, -0.15) is 0 Å². The van der Waals surface area contributed by atoms with Crippen LogP contribution in [0.25, 0.3) is 0 Å². The van der Waals surface area contributed by atoms with Crippen LogP contribution in [0, 0.1) is 11.3 Å². The maximum absolute atomic E-state index is 3.75. The Morgan fingerprint density at radius 2 is 1.89 bits per heavy atom. The Balaban J connectivity index is 2.00. The second-order valence-corrected chi connectivity index (χ2v) is 6.84. The maximum atomic E-state index is 3.75. The number of hydrogen-bond acceptors (Lipinski definition) is 1. The standard InChI is InChI=1S/C17H31N/c1-15(2)13-18-14-17(11-7-4-8-12-17)16-9-5-3-6-10-16/h9,15,18H,3-8,10-14H2,1-2H3. The second-order valence-electron chi connectivity index (χ2n) is 6.84. The summed E-state index contributed by atoms with van der Waals surface area (Å²) in [7, 11) is 0. The van der Waals surface area contributed by atoms with Crippen molar-refractivity contribution in [3.8, 4) is 0 Å². The zero-order valence-corrected chi connectivity index (χ0v) is 12.4. The van der Waals surface area contributed by atoms with E-state index in [1.807, 2.05) is 5.57 Å². The summed E-state index contributed by atoms with van der Waals surface area (Å²) in [6.45, 7) is 7.02. The van der Waals surface area contributed by atoms with Gasteiger partial charge in [-0.05, 0) is 51.0 Å². The van der Waals surface area contributed by atoms with E-state index in [4.69, 9.17) is 0 Å². The van der Waals surface area contributed by atoms with Crippen LogP contribution in [-0.4, -0.2) is 13.1 Å². The lowest BCUT2D eigenvalue weighted by Gasteiger charge is -2.41. The van der Waals surface area contributed by atoms with Crippen LogP contribution in [0.4, 0.5) is 0 Å². The second kappa shape index (κ2) is 6.75. The summed E-state index contributed by atoms with van der Waals surface area (Å²) in [6.07, 6.45) is 15.4. The van der Waals surface area contributed by atoms with Crippen molar-refractivity contribution in [1.29, 1.82) is 0 Å². The molecule has 0 aromatic carbocycles. The Kier molecular flexibility index (Phi) is 5.29. The van der Waals surface area contributed by atoms with Gasteiger partial charge in [-0.1, -0.05) is 44.8 Å². The molecule has 2 rings (SSSR count). The van der Waals surface area contributed by atoms with Crippen LogP contribution in [0.3, 0.4) is 0 Å². The number of hydrogen-bond donors (Lipinski definition) is 1. The smallest absolute Gasteiger partial charge is 0.00453 e.